The van der Waals surface area contributed by atoms with Crippen LogP contribution in [0.4, 0.5) is 11.4 Å². The molecule has 3 aromatic carbocycles. The lowest BCUT2D eigenvalue weighted by Gasteiger charge is -2.15. The number of hydrogen-bond donors (Lipinski definition) is 2. The highest BCUT2D eigenvalue weighted by atomic mass is 35.5. The molecule has 2 N–H and O–H groups in total. The molecule has 3 rings (SSSR count). The minimum atomic E-state index is -3.74. The Morgan fingerprint density at radius 1 is 0.967 bits per heavy atom. The summed E-state index contributed by atoms with van der Waals surface area (Å²) in [4.78, 5) is 12.4. The molecule has 156 valence electrons. The van der Waals surface area contributed by atoms with E-state index in [0.717, 1.165) is 5.56 Å². The SMILES string of the molecule is Cc1cccc(NS(=O)(=O)c2ccc(NC(=O)[C@@H](C)Oc3cccc(Cl)c3)cc2)c1. The molecule has 0 aliphatic rings. The predicted molar refractivity (Wildman–Crippen MR) is 119 cm³/mol. The van der Waals surface area contributed by atoms with E-state index in [4.69, 9.17) is 16.3 Å². The number of anilines is 2. The molecule has 0 spiro atoms. The van der Waals surface area contributed by atoms with Gasteiger partial charge in [0.1, 0.15) is 5.75 Å². The van der Waals surface area contributed by atoms with E-state index < -0.39 is 16.1 Å². The molecule has 8 heteroatoms. The van der Waals surface area contributed by atoms with Gasteiger partial charge in [-0.2, -0.15) is 0 Å². The van der Waals surface area contributed by atoms with Gasteiger partial charge in [-0.05, 0) is 74.0 Å². The van der Waals surface area contributed by atoms with Crippen molar-refractivity contribution in [2.75, 3.05) is 10.0 Å². The van der Waals surface area contributed by atoms with Gasteiger partial charge in [-0.15, -0.1) is 0 Å². The summed E-state index contributed by atoms with van der Waals surface area (Å²) in [5.41, 5.74) is 1.89. The first kappa shape index (κ1) is 21.7. The normalized spacial score (nSPS) is 12.1. The van der Waals surface area contributed by atoms with Gasteiger partial charge in [0.25, 0.3) is 15.9 Å². The molecule has 0 unspecified atom stereocenters. The van der Waals surface area contributed by atoms with Crippen LogP contribution in [0.5, 0.6) is 5.75 Å². The van der Waals surface area contributed by atoms with Crippen LogP contribution in [0.3, 0.4) is 0 Å². The molecule has 0 aliphatic carbocycles. The lowest BCUT2D eigenvalue weighted by molar-refractivity contribution is -0.122. The highest BCUT2D eigenvalue weighted by Gasteiger charge is 2.17. The van der Waals surface area contributed by atoms with Gasteiger partial charge in [0.15, 0.2) is 6.10 Å². The topological polar surface area (TPSA) is 84.5 Å². The smallest absolute Gasteiger partial charge is 0.265 e. The summed E-state index contributed by atoms with van der Waals surface area (Å²) in [6, 6.07) is 19.7. The minimum Gasteiger partial charge on any atom is -0.481 e. The van der Waals surface area contributed by atoms with E-state index >= 15 is 0 Å². The number of carbonyl (C=O) groups is 1. The second-order valence-electron chi connectivity index (χ2n) is 6.71. The van der Waals surface area contributed by atoms with Gasteiger partial charge in [0, 0.05) is 16.4 Å². The van der Waals surface area contributed by atoms with Crippen LogP contribution < -0.4 is 14.8 Å². The number of ether oxygens (including phenoxy) is 1. The van der Waals surface area contributed by atoms with Crippen molar-refractivity contribution in [3.8, 4) is 5.75 Å². The monoisotopic (exact) mass is 444 g/mol. The first-order valence-electron chi connectivity index (χ1n) is 9.15. The molecule has 1 atom stereocenters. The average Bonchev–Trinajstić information content (AvgIpc) is 2.68. The Balaban J connectivity index is 1.64. The number of sulfonamides is 1. The molecule has 30 heavy (non-hydrogen) atoms. The second-order valence-corrected chi connectivity index (χ2v) is 8.82. The van der Waals surface area contributed by atoms with E-state index in [-0.39, 0.29) is 10.8 Å². The number of halogens is 1. The molecule has 0 aromatic heterocycles. The number of aryl methyl sites for hydroxylation is 1. The van der Waals surface area contributed by atoms with Gasteiger partial charge < -0.3 is 10.1 Å². The quantitative estimate of drug-likeness (QED) is 0.545. The molecule has 0 heterocycles. The summed E-state index contributed by atoms with van der Waals surface area (Å²) in [7, 11) is -3.74. The van der Waals surface area contributed by atoms with Gasteiger partial charge in [-0.1, -0.05) is 29.8 Å². The summed E-state index contributed by atoms with van der Waals surface area (Å²) >= 11 is 5.91. The summed E-state index contributed by atoms with van der Waals surface area (Å²) in [6.07, 6.45) is -0.769. The Morgan fingerprint density at radius 3 is 2.33 bits per heavy atom. The standard InChI is InChI=1S/C22H21ClN2O4S/c1-15-5-3-7-19(13-15)25-30(27,28)21-11-9-18(10-12-21)24-22(26)16(2)29-20-8-4-6-17(23)14-20/h3-14,16,25H,1-2H3,(H,24,26)/t16-/m1/s1. The molecule has 0 fully saturated rings. The minimum absolute atomic E-state index is 0.0882. The molecular weight excluding hydrogens is 424 g/mol. The maximum absolute atomic E-state index is 12.6. The Labute approximate surface area is 180 Å². The summed E-state index contributed by atoms with van der Waals surface area (Å²) in [5.74, 6) is 0.109. The maximum Gasteiger partial charge on any atom is 0.265 e. The van der Waals surface area contributed by atoms with E-state index in [1.807, 2.05) is 13.0 Å². The zero-order valence-corrected chi connectivity index (χ0v) is 18.0. The van der Waals surface area contributed by atoms with Gasteiger partial charge in [-0.3, -0.25) is 9.52 Å². The molecule has 0 radical (unpaired) electrons. The molecule has 0 saturated heterocycles. The second kappa shape index (κ2) is 9.19. The largest absolute Gasteiger partial charge is 0.481 e. The molecule has 6 nitrogen and oxygen atoms in total. The molecule has 1 amide bonds. The third kappa shape index (κ3) is 5.75. The van der Waals surface area contributed by atoms with Crippen LogP contribution >= 0.6 is 11.6 Å². The van der Waals surface area contributed by atoms with Crippen molar-refractivity contribution < 1.29 is 17.9 Å². The van der Waals surface area contributed by atoms with Crippen LogP contribution in [0.25, 0.3) is 0 Å². The highest BCUT2D eigenvalue weighted by Crippen LogP contribution is 2.21. The Morgan fingerprint density at radius 2 is 1.67 bits per heavy atom. The van der Waals surface area contributed by atoms with Gasteiger partial charge in [0.2, 0.25) is 0 Å². The van der Waals surface area contributed by atoms with Crippen molar-refractivity contribution >= 4 is 38.9 Å². The molecule has 0 aliphatic heterocycles. The fourth-order valence-electron chi connectivity index (χ4n) is 2.68. The molecule has 0 saturated carbocycles. The first-order chi connectivity index (χ1) is 14.2. The van der Waals surface area contributed by atoms with Crippen LogP contribution in [-0.4, -0.2) is 20.4 Å². The van der Waals surface area contributed by atoms with E-state index in [2.05, 4.69) is 10.0 Å². The number of benzene rings is 3. The van der Waals surface area contributed by atoms with Crippen molar-refractivity contribution in [1.29, 1.82) is 0 Å². The molecule has 0 bridgehead atoms. The van der Waals surface area contributed by atoms with Crippen LogP contribution in [0.15, 0.2) is 77.7 Å². The highest BCUT2D eigenvalue weighted by molar-refractivity contribution is 7.92. The van der Waals surface area contributed by atoms with Crippen molar-refractivity contribution in [2.45, 2.75) is 24.8 Å². The van der Waals surface area contributed by atoms with Crippen molar-refractivity contribution in [1.82, 2.24) is 0 Å². The summed E-state index contributed by atoms with van der Waals surface area (Å²) in [5, 5.41) is 3.21. The number of rotatable bonds is 7. The Hall–Kier alpha value is -3.03. The number of nitrogens with one attached hydrogen (secondary N) is 2. The molecular formula is C22H21ClN2O4S. The van der Waals surface area contributed by atoms with Gasteiger partial charge >= 0.3 is 0 Å². The average molecular weight is 445 g/mol. The third-order valence-corrected chi connectivity index (χ3v) is 5.81. The van der Waals surface area contributed by atoms with E-state index in [1.54, 1.807) is 49.4 Å². The number of hydrogen-bond acceptors (Lipinski definition) is 4. The Bertz CT molecular complexity index is 1150. The van der Waals surface area contributed by atoms with Crippen molar-refractivity contribution in [3.63, 3.8) is 0 Å². The number of carbonyl (C=O) groups excluding carboxylic acids is 1. The van der Waals surface area contributed by atoms with Crippen LogP contribution in [0.1, 0.15) is 12.5 Å². The third-order valence-electron chi connectivity index (χ3n) is 4.18. The van der Waals surface area contributed by atoms with Gasteiger partial charge in [-0.25, -0.2) is 8.42 Å². The van der Waals surface area contributed by atoms with E-state index in [0.29, 0.717) is 22.1 Å². The maximum atomic E-state index is 12.6. The lowest BCUT2D eigenvalue weighted by Crippen LogP contribution is -2.30. The predicted octanol–water partition coefficient (Wildman–Crippen LogP) is 4.86. The first-order valence-corrected chi connectivity index (χ1v) is 11.0. The summed E-state index contributed by atoms with van der Waals surface area (Å²) in [6.45, 7) is 3.49. The van der Waals surface area contributed by atoms with Crippen LogP contribution in [-0.2, 0) is 14.8 Å². The van der Waals surface area contributed by atoms with Crippen molar-refractivity contribution in [2.24, 2.45) is 0 Å². The summed E-state index contributed by atoms with van der Waals surface area (Å²) < 4.78 is 33.2. The van der Waals surface area contributed by atoms with Crippen LogP contribution in [0, 0.1) is 6.92 Å². The molecule has 3 aromatic rings. The zero-order valence-electron chi connectivity index (χ0n) is 16.4. The Kier molecular flexibility index (Phi) is 6.64. The number of amides is 1. The van der Waals surface area contributed by atoms with E-state index in [1.165, 1.54) is 24.3 Å². The zero-order chi connectivity index (χ0) is 21.7. The van der Waals surface area contributed by atoms with Crippen molar-refractivity contribution in [3.05, 3.63) is 83.4 Å². The fraction of sp³-hybridized carbons (Fsp3) is 0.136. The lowest BCUT2D eigenvalue weighted by atomic mass is 10.2. The van der Waals surface area contributed by atoms with E-state index in [9.17, 15) is 13.2 Å². The van der Waals surface area contributed by atoms with Gasteiger partial charge in [0.05, 0.1) is 4.90 Å². The fourth-order valence-corrected chi connectivity index (χ4v) is 3.91. The van der Waals surface area contributed by atoms with Crippen LogP contribution in [0.2, 0.25) is 5.02 Å².